The van der Waals surface area contributed by atoms with E-state index in [4.69, 9.17) is 10.5 Å². The third kappa shape index (κ3) is 4.27. The first-order chi connectivity index (χ1) is 7.03. The third-order valence-electron chi connectivity index (χ3n) is 2.15. The topological polar surface area (TPSA) is 55.5 Å². The van der Waals surface area contributed by atoms with Crippen LogP contribution in [0.2, 0.25) is 0 Å². The predicted molar refractivity (Wildman–Crippen MR) is 56.2 cm³/mol. The van der Waals surface area contributed by atoms with Crippen LogP contribution in [0.1, 0.15) is 13.3 Å². The van der Waals surface area contributed by atoms with E-state index in [9.17, 15) is 9.50 Å². The van der Waals surface area contributed by atoms with Crippen molar-refractivity contribution in [1.29, 1.82) is 0 Å². The minimum Gasteiger partial charge on any atom is -0.493 e. The van der Waals surface area contributed by atoms with Crippen LogP contribution in [0.25, 0.3) is 0 Å². The molecule has 0 bridgehead atoms. The molecule has 3 nitrogen and oxygen atoms in total. The van der Waals surface area contributed by atoms with E-state index in [1.54, 1.807) is 19.1 Å². The van der Waals surface area contributed by atoms with E-state index in [0.717, 1.165) is 0 Å². The Morgan fingerprint density at radius 3 is 2.87 bits per heavy atom. The molecule has 0 aliphatic carbocycles. The fourth-order valence-electron chi connectivity index (χ4n) is 1.05. The molecule has 0 aliphatic heterocycles. The molecule has 1 rings (SSSR count). The molecule has 4 heteroatoms. The van der Waals surface area contributed by atoms with E-state index in [0.29, 0.717) is 18.8 Å². The second kappa shape index (κ2) is 5.09. The zero-order valence-electron chi connectivity index (χ0n) is 8.74. The molecule has 1 atom stereocenters. The van der Waals surface area contributed by atoms with Gasteiger partial charge in [0.2, 0.25) is 0 Å². The smallest absolute Gasteiger partial charge is 0.126 e. The van der Waals surface area contributed by atoms with Crippen molar-refractivity contribution in [2.75, 3.05) is 13.2 Å². The molecule has 1 unspecified atom stereocenters. The molecule has 0 heterocycles. The largest absolute Gasteiger partial charge is 0.493 e. The number of benzene rings is 1. The standard InChI is InChI=1S/C11H16FNO2/c1-11(14,8-13)5-6-15-10-4-2-3-9(12)7-10/h2-4,7,14H,5-6,8,13H2,1H3. The molecular weight excluding hydrogens is 197 g/mol. The van der Waals surface area contributed by atoms with Crippen molar-refractivity contribution >= 4 is 0 Å². The summed E-state index contributed by atoms with van der Waals surface area (Å²) in [5.41, 5.74) is 4.42. The lowest BCUT2D eigenvalue weighted by atomic mass is 10.0. The second-order valence-electron chi connectivity index (χ2n) is 3.76. The summed E-state index contributed by atoms with van der Waals surface area (Å²) in [5, 5.41) is 9.58. The van der Waals surface area contributed by atoms with Gasteiger partial charge in [-0.25, -0.2) is 4.39 Å². The molecule has 0 saturated heterocycles. The summed E-state index contributed by atoms with van der Waals surface area (Å²) in [6, 6.07) is 5.89. The van der Waals surface area contributed by atoms with Crippen LogP contribution >= 0.6 is 0 Å². The van der Waals surface area contributed by atoms with Crippen molar-refractivity contribution in [3.8, 4) is 5.75 Å². The summed E-state index contributed by atoms with van der Waals surface area (Å²) >= 11 is 0. The van der Waals surface area contributed by atoms with Crippen LogP contribution in [0.15, 0.2) is 24.3 Å². The molecule has 15 heavy (non-hydrogen) atoms. The summed E-state index contributed by atoms with van der Waals surface area (Å²) in [6.45, 7) is 2.13. The Hall–Kier alpha value is -1.13. The normalized spacial score (nSPS) is 14.7. The lowest BCUT2D eigenvalue weighted by Gasteiger charge is -2.20. The van der Waals surface area contributed by atoms with E-state index in [1.165, 1.54) is 12.1 Å². The second-order valence-corrected chi connectivity index (χ2v) is 3.76. The van der Waals surface area contributed by atoms with Gasteiger partial charge >= 0.3 is 0 Å². The van der Waals surface area contributed by atoms with Gasteiger partial charge in [0.25, 0.3) is 0 Å². The van der Waals surface area contributed by atoms with E-state index in [2.05, 4.69) is 0 Å². The quantitative estimate of drug-likeness (QED) is 0.775. The van der Waals surface area contributed by atoms with Gasteiger partial charge in [0.05, 0.1) is 12.2 Å². The maximum Gasteiger partial charge on any atom is 0.126 e. The van der Waals surface area contributed by atoms with Gasteiger partial charge in [-0.2, -0.15) is 0 Å². The number of nitrogens with two attached hydrogens (primary N) is 1. The van der Waals surface area contributed by atoms with Crippen LogP contribution < -0.4 is 10.5 Å². The monoisotopic (exact) mass is 213 g/mol. The van der Waals surface area contributed by atoms with Gasteiger partial charge < -0.3 is 15.6 Å². The average Bonchev–Trinajstić information content (AvgIpc) is 2.18. The Morgan fingerprint density at radius 2 is 2.27 bits per heavy atom. The SMILES string of the molecule is CC(O)(CN)CCOc1cccc(F)c1. The summed E-state index contributed by atoms with van der Waals surface area (Å²) in [4.78, 5) is 0. The Morgan fingerprint density at radius 1 is 1.53 bits per heavy atom. The van der Waals surface area contributed by atoms with Gasteiger partial charge in [-0.1, -0.05) is 6.07 Å². The molecule has 1 aromatic rings. The number of halogens is 1. The van der Waals surface area contributed by atoms with Crippen molar-refractivity contribution in [3.63, 3.8) is 0 Å². The van der Waals surface area contributed by atoms with Gasteiger partial charge in [0.15, 0.2) is 0 Å². The van der Waals surface area contributed by atoms with E-state index >= 15 is 0 Å². The number of hydrogen-bond acceptors (Lipinski definition) is 3. The van der Waals surface area contributed by atoms with Gasteiger partial charge in [0.1, 0.15) is 11.6 Å². The molecule has 0 aliphatic rings. The highest BCUT2D eigenvalue weighted by Gasteiger charge is 2.17. The Bertz CT molecular complexity index is 315. The molecule has 3 N–H and O–H groups in total. The summed E-state index contributed by atoms with van der Waals surface area (Å²) in [6.07, 6.45) is 0.417. The first-order valence-corrected chi connectivity index (χ1v) is 4.84. The van der Waals surface area contributed by atoms with Crippen LogP contribution in [0.5, 0.6) is 5.75 Å². The third-order valence-corrected chi connectivity index (χ3v) is 2.15. The van der Waals surface area contributed by atoms with Crippen LogP contribution in [0, 0.1) is 5.82 Å². The van der Waals surface area contributed by atoms with Crippen LogP contribution in [0.3, 0.4) is 0 Å². The number of aliphatic hydroxyl groups is 1. The fraction of sp³-hybridized carbons (Fsp3) is 0.455. The molecule has 0 radical (unpaired) electrons. The zero-order chi connectivity index (χ0) is 11.3. The lowest BCUT2D eigenvalue weighted by molar-refractivity contribution is 0.0453. The minimum atomic E-state index is -0.923. The van der Waals surface area contributed by atoms with E-state index in [1.807, 2.05) is 0 Å². The predicted octanol–water partition coefficient (Wildman–Crippen LogP) is 1.30. The number of rotatable bonds is 5. The first-order valence-electron chi connectivity index (χ1n) is 4.84. The van der Waals surface area contributed by atoms with Gasteiger partial charge in [0, 0.05) is 19.0 Å². The minimum absolute atomic E-state index is 0.180. The number of ether oxygens (including phenoxy) is 1. The molecule has 84 valence electrons. The molecule has 0 spiro atoms. The summed E-state index contributed by atoms with van der Waals surface area (Å²) in [5.74, 6) is 0.126. The van der Waals surface area contributed by atoms with Crippen LogP contribution in [-0.4, -0.2) is 23.9 Å². The van der Waals surface area contributed by atoms with Gasteiger partial charge in [-0.15, -0.1) is 0 Å². The summed E-state index contributed by atoms with van der Waals surface area (Å²) < 4.78 is 18.0. The van der Waals surface area contributed by atoms with Crippen LogP contribution in [0.4, 0.5) is 4.39 Å². The average molecular weight is 213 g/mol. The highest BCUT2D eigenvalue weighted by atomic mass is 19.1. The summed E-state index contributed by atoms with van der Waals surface area (Å²) in [7, 11) is 0. The fourth-order valence-corrected chi connectivity index (χ4v) is 1.05. The molecule has 1 aromatic carbocycles. The van der Waals surface area contributed by atoms with E-state index < -0.39 is 5.60 Å². The van der Waals surface area contributed by atoms with Gasteiger partial charge in [-0.3, -0.25) is 0 Å². The molecular formula is C11H16FNO2. The van der Waals surface area contributed by atoms with Crippen LogP contribution in [-0.2, 0) is 0 Å². The highest BCUT2D eigenvalue weighted by molar-refractivity contribution is 5.22. The maximum absolute atomic E-state index is 12.7. The lowest BCUT2D eigenvalue weighted by Crippen LogP contribution is -2.35. The van der Waals surface area contributed by atoms with Crippen molar-refractivity contribution < 1.29 is 14.2 Å². The van der Waals surface area contributed by atoms with Crippen molar-refractivity contribution in [2.45, 2.75) is 18.9 Å². The molecule has 0 aromatic heterocycles. The Balaban J connectivity index is 2.38. The molecule has 0 amide bonds. The molecule has 0 saturated carbocycles. The first kappa shape index (κ1) is 11.9. The molecule has 0 fully saturated rings. The Kier molecular flexibility index (Phi) is 4.05. The van der Waals surface area contributed by atoms with Crippen molar-refractivity contribution in [3.05, 3.63) is 30.1 Å². The van der Waals surface area contributed by atoms with E-state index in [-0.39, 0.29) is 12.4 Å². The van der Waals surface area contributed by atoms with Gasteiger partial charge in [-0.05, 0) is 19.1 Å². The Labute approximate surface area is 88.7 Å². The van der Waals surface area contributed by atoms with Crippen molar-refractivity contribution in [1.82, 2.24) is 0 Å². The van der Waals surface area contributed by atoms with Crippen molar-refractivity contribution in [2.24, 2.45) is 5.73 Å². The number of hydrogen-bond donors (Lipinski definition) is 2. The maximum atomic E-state index is 12.7. The zero-order valence-corrected chi connectivity index (χ0v) is 8.74. The highest BCUT2D eigenvalue weighted by Crippen LogP contribution is 2.14.